The average Bonchev–Trinajstić information content (AvgIpc) is 2.68. The second-order valence-corrected chi connectivity index (χ2v) is 6.34. The Bertz CT molecular complexity index is 1040. The normalized spacial score (nSPS) is 10.8. The molecule has 1 aromatic carbocycles. The van der Waals surface area contributed by atoms with Gasteiger partial charge in [0.1, 0.15) is 12.1 Å². The number of hydrogen-bond donors (Lipinski definition) is 1. The van der Waals surface area contributed by atoms with Crippen LogP contribution in [0.2, 0.25) is 0 Å². The first-order valence-electron chi connectivity index (χ1n) is 8.52. The molecule has 5 heteroatoms. The van der Waals surface area contributed by atoms with Gasteiger partial charge in [0.2, 0.25) is 0 Å². The van der Waals surface area contributed by atoms with Gasteiger partial charge in [-0.3, -0.25) is 9.97 Å². The van der Waals surface area contributed by atoms with Crippen LogP contribution in [0.25, 0.3) is 22.2 Å². The lowest BCUT2D eigenvalue weighted by molar-refractivity contribution is 1.06. The lowest BCUT2D eigenvalue weighted by atomic mass is 10.1. The number of aromatic nitrogens is 4. The molecule has 4 aromatic rings. The zero-order valence-electron chi connectivity index (χ0n) is 14.8. The molecule has 0 bridgehead atoms. The summed E-state index contributed by atoms with van der Waals surface area (Å²) < 4.78 is 0. The summed E-state index contributed by atoms with van der Waals surface area (Å²) in [6, 6.07) is 14.3. The minimum atomic E-state index is 0.659. The molecule has 5 nitrogen and oxygen atoms in total. The number of fused-ring (bicyclic) bond motifs is 1. The van der Waals surface area contributed by atoms with E-state index in [1.54, 1.807) is 6.33 Å². The molecule has 0 saturated carbocycles. The molecule has 0 fully saturated rings. The van der Waals surface area contributed by atoms with E-state index in [-0.39, 0.29) is 0 Å². The predicted molar refractivity (Wildman–Crippen MR) is 104 cm³/mol. The van der Waals surface area contributed by atoms with Gasteiger partial charge in [-0.05, 0) is 49.2 Å². The second-order valence-electron chi connectivity index (χ2n) is 6.34. The van der Waals surface area contributed by atoms with Crippen molar-refractivity contribution >= 4 is 16.7 Å². The molecule has 26 heavy (non-hydrogen) atoms. The van der Waals surface area contributed by atoms with E-state index in [4.69, 9.17) is 0 Å². The quantitative estimate of drug-likeness (QED) is 0.599. The van der Waals surface area contributed by atoms with Crippen LogP contribution in [0.5, 0.6) is 0 Å². The van der Waals surface area contributed by atoms with Crippen LogP contribution >= 0.6 is 0 Å². The van der Waals surface area contributed by atoms with Gasteiger partial charge >= 0.3 is 0 Å². The molecule has 0 unspecified atom stereocenters. The van der Waals surface area contributed by atoms with Crippen molar-refractivity contribution in [2.45, 2.75) is 20.4 Å². The van der Waals surface area contributed by atoms with Crippen LogP contribution in [0, 0.1) is 13.8 Å². The zero-order valence-corrected chi connectivity index (χ0v) is 14.8. The summed E-state index contributed by atoms with van der Waals surface area (Å²) in [5.74, 6) is 0.810. The van der Waals surface area contributed by atoms with E-state index >= 15 is 0 Å². The van der Waals surface area contributed by atoms with Gasteiger partial charge in [0.25, 0.3) is 0 Å². The number of rotatable bonds is 4. The fourth-order valence-electron chi connectivity index (χ4n) is 2.78. The highest BCUT2D eigenvalue weighted by molar-refractivity contribution is 5.92. The summed E-state index contributed by atoms with van der Waals surface area (Å²) in [4.78, 5) is 17.6. The smallest absolute Gasteiger partial charge is 0.137 e. The molecule has 0 aliphatic heterocycles. The maximum absolute atomic E-state index is 4.52. The largest absolute Gasteiger partial charge is 0.365 e. The van der Waals surface area contributed by atoms with Crippen LogP contribution in [0.3, 0.4) is 0 Å². The molecule has 0 aliphatic carbocycles. The number of hydrogen-bond acceptors (Lipinski definition) is 5. The van der Waals surface area contributed by atoms with Gasteiger partial charge in [-0.2, -0.15) is 0 Å². The highest BCUT2D eigenvalue weighted by Gasteiger charge is 2.07. The number of anilines is 1. The zero-order chi connectivity index (χ0) is 17.9. The van der Waals surface area contributed by atoms with Gasteiger partial charge in [0, 0.05) is 35.6 Å². The number of nitrogens with one attached hydrogen (secondary N) is 1. The molecular weight excluding hydrogens is 322 g/mol. The van der Waals surface area contributed by atoms with Crippen molar-refractivity contribution in [1.29, 1.82) is 0 Å². The maximum Gasteiger partial charge on any atom is 0.137 e. The Morgan fingerprint density at radius 2 is 1.77 bits per heavy atom. The summed E-state index contributed by atoms with van der Waals surface area (Å²) >= 11 is 0. The Morgan fingerprint density at radius 1 is 0.846 bits per heavy atom. The van der Waals surface area contributed by atoms with E-state index in [0.29, 0.717) is 6.54 Å². The summed E-state index contributed by atoms with van der Waals surface area (Å²) in [5.41, 5.74) is 6.16. The van der Waals surface area contributed by atoms with Crippen molar-refractivity contribution in [3.8, 4) is 11.3 Å². The first kappa shape index (κ1) is 16.1. The van der Waals surface area contributed by atoms with E-state index in [2.05, 4.69) is 43.5 Å². The molecule has 0 amide bonds. The molecule has 4 rings (SSSR count). The second kappa shape index (κ2) is 6.88. The number of pyridine rings is 2. The molecule has 1 N–H and O–H groups in total. The van der Waals surface area contributed by atoms with Gasteiger partial charge in [-0.15, -0.1) is 0 Å². The van der Waals surface area contributed by atoms with Crippen molar-refractivity contribution in [1.82, 2.24) is 19.9 Å². The first-order chi connectivity index (χ1) is 12.7. The topological polar surface area (TPSA) is 63.6 Å². The van der Waals surface area contributed by atoms with Crippen LogP contribution in [-0.2, 0) is 6.54 Å². The van der Waals surface area contributed by atoms with E-state index in [0.717, 1.165) is 44.8 Å². The third kappa shape index (κ3) is 3.37. The summed E-state index contributed by atoms with van der Waals surface area (Å²) in [6.07, 6.45) is 5.35. The van der Waals surface area contributed by atoms with Gasteiger partial charge in [0.15, 0.2) is 0 Å². The van der Waals surface area contributed by atoms with Crippen LogP contribution in [0.1, 0.15) is 16.8 Å². The molecule has 3 heterocycles. The van der Waals surface area contributed by atoms with Crippen molar-refractivity contribution in [2.75, 3.05) is 5.32 Å². The molecule has 0 saturated heterocycles. The standard InChI is InChI=1S/C21H19N5/c1-14-3-7-19(23-10-14)17-6-8-20-18(9-17)21(26-13-25-20)24-12-16-5-4-15(2)22-11-16/h3-11,13H,12H2,1-2H3,(H,24,25,26). The molecule has 0 atom stereocenters. The molecule has 0 aliphatic rings. The van der Waals surface area contributed by atoms with E-state index in [1.165, 1.54) is 0 Å². The fourth-order valence-corrected chi connectivity index (χ4v) is 2.78. The van der Waals surface area contributed by atoms with E-state index in [1.807, 2.05) is 50.5 Å². The van der Waals surface area contributed by atoms with Crippen molar-refractivity contribution in [2.24, 2.45) is 0 Å². The lowest BCUT2D eigenvalue weighted by Crippen LogP contribution is -2.03. The van der Waals surface area contributed by atoms with Crippen molar-refractivity contribution in [3.05, 3.63) is 78.0 Å². The Balaban J connectivity index is 1.66. The third-order valence-corrected chi connectivity index (χ3v) is 4.28. The van der Waals surface area contributed by atoms with Crippen molar-refractivity contribution in [3.63, 3.8) is 0 Å². The minimum Gasteiger partial charge on any atom is -0.365 e. The molecular formula is C21H19N5. The van der Waals surface area contributed by atoms with Crippen LogP contribution in [0.15, 0.2) is 61.2 Å². The number of aryl methyl sites for hydroxylation is 2. The van der Waals surface area contributed by atoms with Crippen LogP contribution in [0.4, 0.5) is 5.82 Å². The Kier molecular flexibility index (Phi) is 4.27. The summed E-state index contributed by atoms with van der Waals surface area (Å²) in [5, 5.41) is 4.38. The summed E-state index contributed by atoms with van der Waals surface area (Å²) in [7, 11) is 0. The Hall–Kier alpha value is -3.34. The lowest BCUT2D eigenvalue weighted by Gasteiger charge is -2.10. The average molecular weight is 341 g/mol. The maximum atomic E-state index is 4.52. The monoisotopic (exact) mass is 341 g/mol. The molecule has 0 spiro atoms. The SMILES string of the molecule is Cc1ccc(-c2ccc3ncnc(NCc4ccc(C)nc4)c3c2)nc1. The Morgan fingerprint density at radius 3 is 2.54 bits per heavy atom. The molecule has 128 valence electrons. The third-order valence-electron chi connectivity index (χ3n) is 4.28. The van der Waals surface area contributed by atoms with E-state index < -0.39 is 0 Å². The Labute approximate surface area is 152 Å². The predicted octanol–water partition coefficient (Wildman–Crippen LogP) is 4.32. The highest BCUT2D eigenvalue weighted by atomic mass is 15.0. The minimum absolute atomic E-state index is 0.659. The van der Waals surface area contributed by atoms with Gasteiger partial charge in [-0.1, -0.05) is 18.2 Å². The van der Waals surface area contributed by atoms with Gasteiger partial charge in [0.05, 0.1) is 11.2 Å². The fraction of sp³-hybridized carbons (Fsp3) is 0.143. The number of benzene rings is 1. The number of nitrogens with zero attached hydrogens (tertiary/aromatic N) is 4. The molecule has 0 radical (unpaired) electrons. The van der Waals surface area contributed by atoms with Gasteiger partial charge < -0.3 is 5.32 Å². The van der Waals surface area contributed by atoms with Crippen molar-refractivity contribution < 1.29 is 0 Å². The van der Waals surface area contributed by atoms with Crippen LogP contribution < -0.4 is 5.32 Å². The first-order valence-corrected chi connectivity index (χ1v) is 8.52. The van der Waals surface area contributed by atoms with Crippen LogP contribution in [-0.4, -0.2) is 19.9 Å². The highest BCUT2D eigenvalue weighted by Crippen LogP contribution is 2.26. The summed E-state index contributed by atoms with van der Waals surface area (Å²) in [6.45, 7) is 4.68. The molecule has 3 aromatic heterocycles. The van der Waals surface area contributed by atoms with E-state index in [9.17, 15) is 0 Å². The van der Waals surface area contributed by atoms with Gasteiger partial charge in [-0.25, -0.2) is 9.97 Å².